The number of aliphatic hydroxyl groups is 1. The van der Waals surface area contributed by atoms with Crippen LogP contribution < -0.4 is 21.2 Å². The molecule has 318 valence electrons. The zero-order chi connectivity index (χ0) is 43.0. The summed E-state index contributed by atoms with van der Waals surface area (Å²) in [6, 6.07) is 11.7. The number of nitriles is 1. The zero-order valence-corrected chi connectivity index (χ0v) is 34.3. The summed E-state index contributed by atoms with van der Waals surface area (Å²) in [6.07, 6.45) is 8.82. The fourth-order valence-electron chi connectivity index (χ4n) is 10.0. The lowest BCUT2D eigenvalue weighted by molar-refractivity contribution is -0.181. The molecule has 9 rings (SSSR count). The van der Waals surface area contributed by atoms with Crippen LogP contribution >= 0.6 is 0 Å². The number of pyridine rings is 1. The number of benzene rings is 2. The molecule has 4 aliphatic rings. The molecule has 3 aliphatic heterocycles. The van der Waals surface area contributed by atoms with Gasteiger partial charge in [-0.15, -0.1) is 0 Å². The van der Waals surface area contributed by atoms with E-state index in [1.807, 2.05) is 32.8 Å². The number of amides is 3. The van der Waals surface area contributed by atoms with Crippen LogP contribution in [-0.2, 0) is 22.2 Å². The van der Waals surface area contributed by atoms with Crippen molar-refractivity contribution < 1.29 is 28.3 Å². The molecule has 1 spiro atoms. The van der Waals surface area contributed by atoms with Crippen LogP contribution in [0.25, 0.3) is 21.9 Å². The summed E-state index contributed by atoms with van der Waals surface area (Å²) in [5.41, 5.74) is 1.00. The number of hydrogen-bond donors (Lipinski definition) is 3. The van der Waals surface area contributed by atoms with Crippen LogP contribution in [0.4, 0.5) is 20.2 Å². The number of carbonyl (C=O) groups is 3. The lowest BCUT2D eigenvalue weighted by atomic mass is 9.68. The SMILES string of the molecule is Cn1c(=O)n(C2CCC(=O)NC2=O)c2cccc(N3CC4(CCN(CC5CCC(n6cc7cc(NC(=O)c8cncc(C#N)c8)c(C(C)(C)O)cc7n6)CC5)CC4(F)F)C3)c21. The van der Waals surface area contributed by atoms with Gasteiger partial charge in [-0.1, -0.05) is 6.07 Å². The molecule has 3 N–H and O–H groups in total. The number of anilines is 2. The van der Waals surface area contributed by atoms with Crippen LogP contribution in [0.3, 0.4) is 0 Å². The quantitative estimate of drug-likeness (QED) is 0.180. The van der Waals surface area contributed by atoms with E-state index < -0.39 is 40.5 Å². The smallest absolute Gasteiger partial charge is 0.329 e. The predicted octanol–water partition coefficient (Wildman–Crippen LogP) is 4.99. The number of hydrogen-bond acceptors (Lipinski definition) is 10. The minimum atomic E-state index is -2.91. The zero-order valence-electron chi connectivity index (χ0n) is 34.3. The van der Waals surface area contributed by atoms with Crippen molar-refractivity contribution in [3.8, 4) is 6.07 Å². The van der Waals surface area contributed by atoms with Gasteiger partial charge in [0.05, 0.1) is 57.0 Å². The number of aromatic nitrogens is 5. The van der Waals surface area contributed by atoms with Gasteiger partial charge in [0, 0.05) is 68.3 Å². The highest BCUT2D eigenvalue weighted by atomic mass is 19.3. The Labute approximate surface area is 349 Å². The Morgan fingerprint density at radius 1 is 1.07 bits per heavy atom. The van der Waals surface area contributed by atoms with Crippen molar-refractivity contribution in [2.24, 2.45) is 18.4 Å². The minimum absolute atomic E-state index is 0.115. The summed E-state index contributed by atoms with van der Waals surface area (Å²) in [4.78, 5) is 58.9. The fraction of sp³-hybridized carbons (Fsp3) is 0.477. The summed E-state index contributed by atoms with van der Waals surface area (Å²) in [7, 11) is 1.62. The molecule has 3 amide bonds. The van der Waals surface area contributed by atoms with Crippen molar-refractivity contribution in [3.05, 3.63) is 82.2 Å². The summed E-state index contributed by atoms with van der Waals surface area (Å²) >= 11 is 0. The molecule has 5 aromatic rings. The first-order valence-corrected chi connectivity index (χ1v) is 20.9. The molecule has 2 aromatic carbocycles. The van der Waals surface area contributed by atoms with E-state index >= 15 is 8.78 Å². The Kier molecular flexibility index (Phi) is 9.86. The van der Waals surface area contributed by atoms with Crippen molar-refractivity contribution in [2.75, 3.05) is 42.9 Å². The number of piperidine rings is 2. The molecule has 3 saturated heterocycles. The van der Waals surface area contributed by atoms with E-state index in [4.69, 9.17) is 5.10 Å². The van der Waals surface area contributed by atoms with Crippen LogP contribution in [0.1, 0.15) is 92.4 Å². The third-order valence-electron chi connectivity index (χ3n) is 13.4. The number of imide groups is 1. The van der Waals surface area contributed by atoms with Gasteiger partial charge in [-0.2, -0.15) is 10.4 Å². The molecule has 15 nitrogen and oxygen atoms in total. The molecule has 3 aromatic heterocycles. The highest BCUT2D eigenvalue weighted by Crippen LogP contribution is 2.52. The maximum Gasteiger partial charge on any atom is 0.329 e. The van der Waals surface area contributed by atoms with Crippen molar-refractivity contribution in [1.29, 1.82) is 5.26 Å². The summed E-state index contributed by atoms with van der Waals surface area (Å²) in [5, 5.41) is 31.1. The van der Waals surface area contributed by atoms with Crippen LogP contribution in [0.5, 0.6) is 0 Å². The standard InChI is InChI=1S/C44H48F2N10O5/c1-42(2,61)31-17-32-29(16-33(31)49-39(58)28-15-27(18-47)19-48-20-28)22-55(51-32)30-9-7-26(8-10-30)21-53-14-13-43(44(45,46)25-53)23-54(24-43)34-5-4-6-35-38(34)52(3)41(60)56(35)36-11-12-37(57)50-40(36)59/h4-6,15-17,19-20,22,26,30,36,61H,7-14,21,23-25H2,1-3H3,(H,49,58)(H,50,57,59). The second kappa shape index (κ2) is 14.9. The normalized spacial score (nSPS) is 22.9. The van der Waals surface area contributed by atoms with Crippen LogP contribution in [0.2, 0.25) is 0 Å². The number of aryl methyl sites for hydroxylation is 1. The molecule has 6 heterocycles. The van der Waals surface area contributed by atoms with Gasteiger partial charge >= 0.3 is 5.69 Å². The second-order valence-corrected chi connectivity index (χ2v) is 18.0. The highest BCUT2D eigenvalue weighted by molar-refractivity contribution is 6.06. The number of fused-ring (bicyclic) bond motifs is 2. The van der Waals surface area contributed by atoms with Gasteiger partial charge in [-0.25, -0.2) is 13.6 Å². The van der Waals surface area contributed by atoms with Crippen LogP contribution in [0.15, 0.2) is 59.8 Å². The summed E-state index contributed by atoms with van der Waals surface area (Å²) in [5.74, 6) is -3.99. The number of halogens is 2. The van der Waals surface area contributed by atoms with E-state index in [-0.39, 0.29) is 61.5 Å². The first-order chi connectivity index (χ1) is 29.0. The molecule has 1 aliphatic carbocycles. The van der Waals surface area contributed by atoms with Crippen molar-refractivity contribution in [3.63, 3.8) is 0 Å². The molecule has 1 atom stereocenters. The Balaban J connectivity index is 0.827. The number of para-hydroxylation sites is 1. The van der Waals surface area contributed by atoms with Crippen molar-refractivity contribution in [2.45, 2.75) is 82.4 Å². The Bertz CT molecular complexity index is 2690. The lowest BCUT2D eigenvalue weighted by Crippen LogP contribution is -2.70. The number of rotatable bonds is 8. The van der Waals surface area contributed by atoms with Gasteiger partial charge in [-0.3, -0.25) is 43.4 Å². The molecular weight excluding hydrogens is 787 g/mol. The molecule has 1 saturated carbocycles. The van der Waals surface area contributed by atoms with Crippen LogP contribution in [0, 0.1) is 22.7 Å². The maximum atomic E-state index is 16.2. The van der Waals surface area contributed by atoms with Gasteiger partial charge in [0.2, 0.25) is 11.8 Å². The summed E-state index contributed by atoms with van der Waals surface area (Å²) in [6.45, 7) is 4.47. The van der Waals surface area contributed by atoms with E-state index in [1.54, 1.807) is 45.2 Å². The topological polar surface area (TPSA) is 183 Å². The maximum absolute atomic E-state index is 16.2. The molecule has 0 bridgehead atoms. The van der Waals surface area contributed by atoms with Gasteiger partial charge in [0.25, 0.3) is 11.8 Å². The third kappa shape index (κ3) is 7.14. The minimum Gasteiger partial charge on any atom is -0.386 e. The Hall–Kier alpha value is -5.99. The summed E-state index contributed by atoms with van der Waals surface area (Å²) < 4.78 is 37.3. The third-order valence-corrected chi connectivity index (χ3v) is 13.4. The number of imidazole rings is 1. The van der Waals surface area contributed by atoms with Gasteiger partial charge in [-0.05, 0) is 95.2 Å². The number of carbonyl (C=O) groups excluding carboxylic acids is 3. The first kappa shape index (κ1) is 40.4. The fourth-order valence-corrected chi connectivity index (χ4v) is 10.0. The van der Waals surface area contributed by atoms with E-state index in [2.05, 4.69) is 15.6 Å². The lowest BCUT2D eigenvalue weighted by Gasteiger charge is -2.58. The van der Waals surface area contributed by atoms with Gasteiger partial charge in [0.1, 0.15) is 12.1 Å². The first-order valence-electron chi connectivity index (χ1n) is 20.9. The molecule has 61 heavy (non-hydrogen) atoms. The van der Waals surface area contributed by atoms with Crippen LogP contribution in [-0.4, -0.2) is 90.3 Å². The van der Waals surface area contributed by atoms with Crippen molar-refractivity contribution in [1.82, 2.24) is 34.1 Å². The Morgan fingerprint density at radius 2 is 1.84 bits per heavy atom. The highest BCUT2D eigenvalue weighted by Gasteiger charge is 2.62. The Morgan fingerprint density at radius 3 is 2.54 bits per heavy atom. The molecule has 17 heteroatoms. The molecule has 0 radical (unpaired) electrons. The number of alkyl halides is 2. The van der Waals surface area contributed by atoms with Gasteiger partial charge in [0.15, 0.2) is 0 Å². The monoisotopic (exact) mass is 834 g/mol. The number of likely N-dealkylation sites (tertiary alicyclic amines) is 1. The van der Waals surface area contributed by atoms with E-state index in [0.29, 0.717) is 53.0 Å². The average Bonchev–Trinajstić information content (AvgIpc) is 3.74. The number of nitrogens with zero attached hydrogens (tertiary/aromatic N) is 8. The number of nitrogens with one attached hydrogen (secondary N) is 2. The van der Waals surface area contributed by atoms with Gasteiger partial charge < -0.3 is 15.3 Å². The largest absolute Gasteiger partial charge is 0.386 e. The van der Waals surface area contributed by atoms with Crippen molar-refractivity contribution >= 4 is 51.0 Å². The molecule has 4 fully saturated rings. The second-order valence-electron chi connectivity index (χ2n) is 18.0. The van der Waals surface area contributed by atoms with E-state index in [0.717, 1.165) is 31.1 Å². The van der Waals surface area contributed by atoms with E-state index in [9.17, 15) is 29.5 Å². The molecule has 1 unspecified atom stereocenters. The average molecular weight is 835 g/mol. The van der Waals surface area contributed by atoms with E-state index in [1.165, 1.54) is 27.6 Å². The molecular formula is C44H48F2N10O5. The predicted molar refractivity (Wildman–Crippen MR) is 222 cm³/mol.